The molecule has 1 amide bonds. The van der Waals surface area contributed by atoms with Gasteiger partial charge in [0, 0.05) is 26.3 Å². The molecule has 1 aromatic heterocycles. The summed E-state index contributed by atoms with van der Waals surface area (Å²) >= 11 is 0. The highest BCUT2D eigenvalue weighted by Crippen LogP contribution is 2.15. The zero-order chi connectivity index (χ0) is 17.6. The molecule has 0 unspecified atom stereocenters. The Bertz CT molecular complexity index is 819. The molecular formula is C20H20N4O. The van der Waals surface area contributed by atoms with Gasteiger partial charge in [0.15, 0.2) is 0 Å². The Kier molecular flexibility index (Phi) is 5.04. The molecule has 0 aliphatic rings. The molecule has 0 saturated carbocycles. The second kappa shape index (κ2) is 7.57. The van der Waals surface area contributed by atoms with Gasteiger partial charge in [-0.2, -0.15) is 0 Å². The Balaban J connectivity index is 1.70. The summed E-state index contributed by atoms with van der Waals surface area (Å²) in [5.74, 6) is 0.540. The van der Waals surface area contributed by atoms with Gasteiger partial charge in [-0.25, -0.2) is 9.97 Å². The van der Waals surface area contributed by atoms with E-state index >= 15 is 0 Å². The number of benzene rings is 2. The number of para-hydroxylation sites is 1. The van der Waals surface area contributed by atoms with Crippen molar-refractivity contribution in [1.82, 2.24) is 9.97 Å². The summed E-state index contributed by atoms with van der Waals surface area (Å²) in [7, 11) is 3.68. The number of aromatic nitrogens is 2. The van der Waals surface area contributed by atoms with Crippen LogP contribution >= 0.6 is 0 Å². The number of rotatable bonds is 5. The van der Waals surface area contributed by atoms with Crippen LogP contribution < -0.4 is 9.80 Å². The van der Waals surface area contributed by atoms with Crippen molar-refractivity contribution in [2.75, 3.05) is 23.9 Å². The van der Waals surface area contributed by atoms with Gasteiger partial charge in [0.05, 0.1) is 12.4 Å². The van der Waals surface area contributed by atoms with E-state index in [-0.39, 0.29) is 5.91 Å². The molecule has 0 aliphatic heterocycles. The predicted molar refractivity (Wildman–Crippen MR) is 99.8 cm³/mol. The van der Waals surface area contributed by atoms with Gasteiger partial charge in [-0.1, -0.05) is 48.5 Å². The molecule has 0 bridgehead atoms. The van der Waals surface area contributed by atoms with E-state index in [1.165, 1.54) is 11.8 Å². The Morgan fingerprint density at radius 1 is 0.880 bits per heavy atom. The highest BCUT2D eigenvalue weighted by Gasteiger charge is 2.15. The lowest BCUT2D eigenvalue weighted by molar-refractivity contribution is 0.0988. The van der Waals surface area contributed by atoms with Gasteiger partial charge < -0.3 is 9.80 Å². The molecule has 0 spiro atoms. The minimum Gasteiger partial charge on any atom is -0.354 e. The molecule has 3 rings (SSSR count). The largest absolute Gasteiger partial charge is 0.354 e. The molecule has 126 valence electrons. The van der Waals surface area contributed by atoms with E-state index in [2.05, 4.69) is 22.1 Å². The first-order chi connectivity index (χ1) is 12.1. The molecule has 3 aromatic rings. The summed E-state index contributed by atoms with van der Waals surface area (Å²) in [5.41, 5.74) is 2.33. The standard InChI is InChI=1S/C20H20N4O/c1-23(15-16-9-5-3-6-10-16)19-14-21-18(13-22-19)20(25)24(2)17-11-7-4-8-12-17/h3-14H,15H2,1-2H3. The SMILES string of the molecule is CN(Cc1ccccc1)c1cnc(C(=O)N(C)c2ccccc2)cn1. The lowest BCUT2D eigenvalue weighted by Gasteiger charge is -2.19. The normalized spacial score (nSPS) is 10.3. The molecule has 0 saturated heterocycles. The summed E-state index contributed by atoms with van der Waals surface area (Å²) in [6.07, 6.45) is 3.16. The van der Waals surface area contributed by atoms with E-state index in [0.29, 0.717) is 5.69 Å². The fourth-order valence-electron chi connectivity index (χ4n) is 2.51. The summed E-state index contributed by atoms with van der Waals surface area (Å²) in [6, 6.07) is 19.6. The van der Waals surface area contributed by atoms with Crippen LogP contribution in [-0.2, 0) is 6.54 Å². The fourth-order valence-corrected chi connectivity index (χ4v) is 2.51. The highest BCUT2D eigenvalue weighted by atomic mass is 16.2. The van der Waals surface area contributed by atoms with Crippen molar-refractivity contribution in [3.63, 3.8) is 0 Å². The monoisotopic (exact) mass is 332 g/mol. The van der Waals surface area contributed by atoms with E-state index in [1.54, 1.807) is 18.1 Å². The summed E-state index contributed by atoms with van der Waals surface area (Å²) in [6.45, 7) is 0.729. The number of nitrogens with zero attached hydrogens (tertiary/aromatic N) is 4. The first-order valence-electron chi connectivity index (χ1n) is 8.05. The van der Waals surface area contributed by atoms with Crippen molar-refractivity contribution in [1.29, 1.82) is 0 Å². The number of carbonyl (C=O) groups is 1. The lowest BCUT2D eigenvalue weighted by atomic mass is 10.2. The smallest absolute Gasteiger partial charge is 0.278 e. The molecule has 25 heavy (non-hydrogen) atoms. The van der Waals surface area contributed by atoms with Crippen LogP contribution in [0.25, 0.3) is 0 Å². The second-order valence-electron chi connectivity index (χ2n) is 5.80. The zero-order valence-electron chi connectivity index (χ0n) is 14.3. The maximum Gasteiger partial charge on any atom is 0.278 e. The number of amides is 1. The molecule has 0 radical (unpaired) electrons. The minimum absolute atomic E-state index is 0.184. The van der Waals surface area contributed by atoms with Gasteiger partial charge in [0.2, 0.25) is 0 Å². The number of hydrogen-bond acceptors (Lipinski definition) is 4. The highest BCUT2D eigenvalue weighted by molar-refractivity contribution is 6.04. The Morgan fingerprint density at radius 3 is 2.12 bits per heavy atom. The van der Waals surface area contributed by atoms with Crippen molar-refractivity contribution < 1.29 is 4.79 Å². The van der Waals surface area contributed by atoms with Crippen molar-refractivity contribution in [3.05, 3.63) is 84.3 Å². The van der Waals surface area contributed by atoms with Crippen LogP contribution in [0.5, 0.6) is 0 Å². The number of anilines is 2. The fraction of sp³-hybridized carbons (Fsp3) is 0.150. The van der Waals surface area contributed by atoms with Crippen LogP contribution in [0.3, 0.4) is 0 Å². The molecule has 0 atom stereocenters. The third-order valence-electron chi connectivity index (χ3n) is 3.96. The van der Waals surface area contributed by atoms with Crippen LogP contribution in [-0.4, -0.2) is 30.0 Å². The van der Waals surface area contributed by atoms with E-state index in [0.717, 1.165) is 18.1 Å². The number of carbonyl (C=O) groups excluding carboxylic acids is 1. The minimum atomic E-state index is -0.184. The molecule has 2 aromatic carbocycles. The second-order valence-corrected chi connectivity index (χ2v) is 5.80. The van der Waals surface area contributed by atoms with Gasteiger partial charge in [-0.15, -0.1) is 0 Å². The quantitative estimate of drug-likeness (QED) is 0.718. The van der Waals surface area contributed by atoms with E-state index in [1.807, 2.05) is 60.5 Å². The third kappa shape index (κ3) is 4.01. The molecule has 1 heterocycles. The van der Waals surface area contributed by atoms with Crippen molar-refractivity contribution in [2.45, 2.75) is 6.54 Å². The average Bonchev–Trinajstić information content (AvgIpc) is 2.68. The van der Waals surface area contributed by atoms with Crippen molar-refractivity contribution in [2.24, 2.45) is 0 Å². The first kappa shape index (κ1) is 16.6. The lowest BCUT2D eigenvalue weighted by Crippen LogP contribution is -2.27. The first-order valence-corrected chi connectivity index (χ1v) is 8.05. The van der Waals surface area contributed by atoms with Crippen LogP contribution in [0, 0.1) is 0 Å². The molecular weight excluding hydrogens is 312 g/mol. The molecule has 0 N–H and O–H groups in total. The maximum atomic E-state index is 12.5. The summed E-state index contributed by atoms with van der Waals surface area (Å²) in [5, 5.41) is 0. The van der Waals surface area contributed by atoms with Gasteiger partial charge in [0.25, 0.3) is 5.91 Å². The maximum absolute atomic E-state index is 12.5. The Morgan fingerprint density at radius 2 is 1.52 bits per heavy atom. The summed E-state index contributed by atoms with van der Waals surface area (Å²) < 4.78 is 0. The Hall–Kier alpha value is -3.21. The molecule has 0 aliphatic carbocycles. The Labute approximate surface area is 147 Å². The molecule has 0 fully saturated rings. The van der Waals surface area contributed by atoms with Crippen LogP contribution in [0.4, 0.5) is 11.5 Å². The van der Waals surface area contributed by atoms with E-state index in [9.17, 15) is 4.79 Å². The third-order valence-corrected chi connectivity index (χ3v) is 3.96. The number of hydrogen-bond donors (Lipinski definition) is 0. The molecule has 5 nitrogen and oxygen atoms in total. The average molecular weight is 332 g/mol. The van der Waals surface area contributed by atoms with Crippen LogP contribution in [0.2, 0.25) is 0 Å². The van der Waals surface area contributed by atoms with Crippen LogP contribution in [0.15, 0.2) is 73.1 Å². The van der Waals surface area contributed by atoms with Crippen molar-refractivity contribution in [3.8, 4) is 0 Å². The van der Waals surface area contributed by atoms with E-state index in [4.69, 9.17) is 0 Å². The van der Waals surface area contributed by atoms with Gasteiger partial charge in [-0.05, 0) is 17.7 Å². The summed E-state index contributed by atoms with van der Waals surface area (Å²) in [4.78, 5) is 24.8. The van der Waals surface area contributed by atoms with Gasteiger partial charge in [-0.3, -0.25) is 4.79 Å². The van der Waals surface area contributed by atoms with E-state index < -0.39 is 0 Å². The van der Waals surface area contributed by atoms with Gasteiger partial charge in [0.1, 0.15) is 11.5 Å². The molecule has 5 heteroatoms. The zero-order valence-corrected chi connectivity index (χ0v) is 14.3. The van der Waals surface area contributed by atoms with Gasteiger partial charge >= 0.3 is 0 Å². The van der Waals surface area contributed by atoms with Crippen molar-refractivity contribution >= 4 is 17.4 Å². The predicted octanol–water partition coefficient (Wildman–Crippen LogP) is 3.39. The topological polar surface area (TPSA) is 49.3 Å². The van der Waals surface area contributed by atoms with Crippen LogP contribution in [0.1, 0.15) is 16.1 Å².